The molecule has 0 unspecified atom stereocenters. The lowest BCUT2D eigenvalue weighted by Gasteiger charge is -2.10. The first-order chi connectivity index (χ1) is 32.7. The molecule has 12 aromatic rings. The summed E-state index contributed by atoms with van der Waals surface area (Å²) in [6.07, 6.45) is 0. The van der Waals surface area contributed by atoms with E-state index in [0.717, 1.165) is 69.8 Å². The van der Waals surface area contributed by atoms with Crippen LogP contribution in [0.3, 0.4) is 0 Å². The number of hydrogen-bond acceptors (Lipinski definition) is 4. The molecule has 3 nitrogen and oxygen atoms in total. The molecule has 5 heteroatoms. The fourth-order valence-corrected chi connectivity index (χ4v) is 9.93. The van der Waals surface area contributed by atoms with Crippen molar-refractivity contribution in [3.63, 3.8) is 0 Å². The number of aromatic nitrogens is 3. The van der Waals surface area contributed by atoms with Gasteiger partial charge in [0.1, 0.15) is 0 Å². The molecule has 256 valence electrons. The van der Waals surface area contributed by atoms with Crippen molar-refractivity contribution in [2.75, 3.05) is 0 Å². The normalized spacial score (nSPS) is 15.3. The van der Waals surface area contributed by atoms with E-state index in [-0.39, 0.29) is 49.5 Å². The standard InChI is InChI=1S/C50H29N3S2/c1-2-12-30(13-3-1)31-16-10-17-34(26-31)46-49-47(39-19-7-9-23-44(39)54-49)52-50(51-46)35-24-25-37-38-20-11-22-42(48(38)55-45(37)29-35)53-41-21-8-6-18-36(41)40-27-32-14-4-5-15-33(32)28-43(40)53/h1-29H/i1D,2D,3D,7D,9D,10D,12D,13D,16D,17D,19D,23D,26D. The van der Waals surface area contributed by atoms with Crippen LogP contribution < -0.4 is 0 Å². The van der Waals surface area contributed by atoms with Gasteiger partial charge in [0, 0.05) is 47.5 Å². The van der Waals surface area contributed by atoms with E-state index in [4.69, 9.17) is 25.0 Å². The zero-order valence-electron chi connectivity index (χ0n) is 41.4. The van der Waals surface area contributed by atoms with Crippen LogP contribution in [0.15, 0.2) is 176 Å². The smallest absolute Gasteiger partial charge is 0.160 e. The Kier molecular flexibility index (Phi) is 4.49. The van der Waals surface area contributed by atoms with Crippen molar-refractivity contribution in [2.45, 2.75) is 0 Å². The fraction of sp³-hybridized carbons (Fsp3) is 0. The summed E-state index contributed by atoms with van der Waals surface area (Å²) < 4.78 is 118. The van der Waals surface area contributed by atoms with Gasteiger partial charge in [-0.1, -0.05) is 133 Å². The Morgan fingerprint density at radius 3 is 2.16 bits per heavy atom. The fourth-order valence-electron chi connectivity index (χ4n) is 7.64. The first-order valence-electron chi connectivity index (χ1n) is 23.9. The molecular weight excluding hydrogens is 707 g/mol. The molecule has 8 aromatic carbocycles. The third-order valence-corrected chi connectivity index (χ3v) is 12.4. The molecular formula is C50H29N3S2. The Morgan fingerprint density at radius 2 is 1.24 bits per heavy atom. The summed E-state index contributed by atoms with van der Waals surface area (Å²) in [5.74, 6) is 0.0816. The van der Waals surface area contributed by atoms with Gasteiger partial charge in [0.15, 0.2) is 5.82 Å². The van der Waals surface area contributed by atoms with E-state index in [1.807, 2.05) is 48.5 Å². The molecule has 0 bridgehead atoms. The van der Waals surface area contributed by atoms with Gasteiger partial charge >= 0.3 is 0 Å². The highest BCUT2D eigenvalue weighted by atomic mass is 32.1. The van der Waals surface area contributed by atoms with Crippen molar-refractivity contribution >= 4 is 95.7 Å². The maximum Gasteiger partial charge on any atom is 0.160 e. The Morgan fingerprint density at radius 1 is 0.473 bits per heavy atom. The second-order valence-electron chi connectivity index (χ2n) is 13.2. The van der Waals surface area contributed by atoms with Crippen LogP contribution in [-0.2, 0) is 0 Å². The number of nitrogens with zero attached hydrogens (tertiary/aromatic N) is 3. The Bertz CT molecular complexity index is 4240. The van der Waals surface area contributed by atoms with Crippen molar-refractivity contribution in [1.82, 2.24) is 14.5 Å². The van der Waals surface area contributed by atoms with Gasteiger partial charge in [-0.15, -0.1) is 22.7 Å². The van der Waals surface area contributed by atoms with Gasteiger partial charge in [-0.25, -0.2) is 9.97 Å². The van der Waals surface area contributed by atoms with E-state index >= 15 is 0 Å². The van der Waals surface area contributed by atoms with Crippen molar-refractivity contribution in [3.8, 4) is 39.5 Å². The van der Waals surface area contributed by atoms with Crippen LogP contribution in [0.25, 0.3) is 113 Å². The minimum atomic E-state index is -0.699. The molecule has 0 radical (unpaired) electrons. The molecule has 12 rings (SSSR count). The third kappa shape index (κ3) is 4.74. The van der Waals surface area contributed by atoms with Crippen LogP contribution in [0.4, 0.5) is 0 Å². The zero-order chi connectivity index (χ0) is 47.3. The van der Waals surface area contributed by atoms with Crippen molar-refractivity contribution in [2.24, 2.45) is 0 Å². The first kappa shape index (κ1) is 20.7. The van der Waals surface area contributed by atoms with E-state index in [2.05, 4.69) is 53.1 Å². The van der Waals surface area contributed by atoms with Crippen molar-refractivity contribution in [3.05, 3.63) is 176 Å². The van der Waals surface area contributed by atoms with Crippen LogP contribution >= 0.6 is 22.7 Å². The van der Waals surface area contributed by atoms with Crippen molar-refractivity contribution in [1.29, 1.82) is 0 Å². The van der Waals surface area contributed by atoms with E-state index in [1.165, 1.54) is 0 Å². The van der Waals surface area contributed by atoms with Gasteiger partial charge in [0.05, 0.1) is 55.2 Å². The predicted molar refractivity (Wildman–Crippen MR) is 236 cm³/mol. The molecule has 0 aliphatic rings. The monoisotopic (exact) mass is 748 g/mol. The van der Waals surface area contributed by atoms with Crippen LogP contribution in [0, 0.1) is 0 Å². The average Bonchev–Trinajstić information content (AvgIpc) is 4.03. The number of benzene rings is 8. The maximum atomic E-state index is 9.57. The summed E-state index contributed by atoms with van der Waals surface area (Å²) in [4.78, 5) is 9.94. The molecule has 0 aliphatic carbocycles. The second kappa shape index (κ2) is 11.9. The predicted octanol–water partition coefficient (Wildman–Crippen LogP) is 14.5. The molecule has 0 saturated carbocycles. The van der Waals surface area contributed by atoms with E-state index in [0.29, 0.717) is 5.56 Å². The molecule has 0 aliphatic heterocycles. The summed E-state index contributed by atoms with van der Waals surface area (Å²) in [5, 5.41) is 6.62. The van der Waals surface area contributed by atoms with Crippen molar-refractivity contribution < 1.29 is 17.8 Å². The lowest BCUT2D eigenvalue weighted by Crippen LogP contribution is -1.94. The van der Waals surface area contributed by atoms with Gasteiger partial charge in [0.2, 0.25) is 0 Å². The lowest BCUT2D eigenvalue weighted by atomic mass is 10.0. The van der Waals surface area contributed by atoms with Gasteiger partial charge < -0.3 is 4.57 Å². The molecule has 55 heavy (non-hydrogen) atoms. The molecule has 4 aromatic heterocycles. The summed E-state index contributed by atoms with van der Waals surface area (Å²) in [7, 11) is 0. The highest BCUT2D eigenvalue weighted by Crippen LogP contribution is 2.44. The molecule has 0 atom stereocenters. The van der Waals surface area contributed by atoms with E-state index in [1.54, 1.807) is 11.3 Å². The van der Waals surface area contributed by atoms with E-state index < -0.39 is 77.6 Å². The minimum Gasteiger partial charge on any atom is -0.308 e. The average molecular weight is 749 g/mol. The third-order valence-electron chi connectivity index (χ3n) is 10.1. The van der Waals surface area contributed by atoms with E-state index in [9.17, 15) is 2.74 Å². The molecule has 0 saturated heterocycles. The van der Waals surface area contributed by atoms with Gasteiger partial charge in [-0.2, -0.15) is 0 Å². The molecule has 0 N–H and O–H groups in total. The van der Waals surface area contributed by atoms with Crippen LogP contribution in [0.5, 0.6) is 0 Å². The highest BCUT2D eigenvalue weighted by molar-refractivity contribution is 7.26. The van der Waals surface area contributed by atoms with Crippen LogP contribution in [0.2, 0.25) is 0 Å². The van der Waals surface area contributed by atoms with Gasteiger partial charge in [-0.3, -0.25) is 0 Å². The zero-order valence-corrected chi connectivity index (χ0v) is 30.0. The number of rotatable bonds is 4. The molecule has 0 amide bonds. The molecule has 0 fully saturated rings. The quantitative estimate of drug-likeness (QED) is 0.179. The summed E-state index contributed by atoms with van der Waals surface area (Å²) >= 11 is 2.52. The highest BCUT2D eigenvalue weighted by Gasteiger charge is 2.20. The van der Waals surface area contributed by atoms with Gasteiger partial charge in [-0.05, 0) is 64.3 Å². The second-order valence-corrected chi connectivity index (χ2v) is 15.2. The molecule has 0 spiro atoms. The number of fused-ring (bicyclic) bond motifs is 10. The maximum absolute atomic E-state index is 9.57. The van der Waals surface area contributed by atoms with Gasteiger partial charge in [0.25, 0.3) is 0 Å². The Labute approximate surface area is 342 Å². The Hall–Kier alpha value is -6.66. The Balaban J connectivity index is 1.13. The largest absolute Gasteiger partial charge is 0.308 e. The summed E-state index contributed by atoms with van der Waals surface area (Å²) in [6.45, 7) is 0. The first-order valence-corrected chi connectivity index (χ1v) is 19.1. The topological polar surface area (TPSA) is 30.7 Å². The van der Waals surface area contributed by atoms with Crippen LogP contribution in [0.1, 0.15) is 17.8 Å². The summed E-state index contributed by atoms with van der Waals surface area (Å²) in [6, 6.07) is 25.5. The number of thiophene rings is 2. The lowest BCUT2D eigenvalue weighted by molar-refractivity contribution is 1.20. The SMILES string of the molecule is [2H]c1c([2H])c([2H])c(-c2c([2H])c([2H])c([2H])c(-c3nc(-c4ccc5c(c4)sc4c(-n6c7ccccc7c7cc8ccccc8cc76)cccc45)nc4c3sc3c([2H])c([2H])c([2H])c([2H])c34)c2[2H])c([2H])c1[2H]. The number of para-hydroxylation sites is 1. The molecule has 4 heterocycles. The summed E-state index contributed by atoms with van der Waals surface area (Å²) in [5.41, 5.74) is 2.41. The van der Waals surface area contributed by atoms with Crippen LogP contribution in [-0.4, -0.2) is 14.5 Å². The minimum absolute atomic E-state index is 0.0816. The number of hydrogen-bond donors (Lipinski definition) is 0.